The van der Waals surface area contributed by atoms with Gasteiger partial charge in [-0.05, 0) is 23.8 Å². The van der Waals surface area contributed by atoms with Crippen LogP contribution in [-0.2, 0) is 16.1 Å². The minimum Gasteiger partial charge on any atom is -0.454 e. The SMILES string of the molecule is O=C(NCCNC(=O)[C@@H]1CC(=O)N(Cc2ccccc2)C1)c1ccc2c(c1)OCO2. The maximum atomic E-state index is 12.4. The fourth-order valence-corrected chi connectivity index (χ4v) is 3.55. The molecule has 1 fully saturated rings. The number of hydrogen-bond acceptors (Lipinski definition) is 5. The number of carbonyl (C=O) groups excluding carboxylic acids is 3. The molecule has 2 aromatic carbocycles. The molecular formula is C22H23N3O5. The van der Waals surface area contributed by atoms with Crippen LogP contribution in [0, 0.1) is 5.92 Å². The molecule has 1 saturated heterocycles. The number of rotatable bonds is 7. The molecule has 8 nitrogen and oxygen atoms in total. The standard InChI is InChI=1S/C22H23N3O5/c26-20-11-17(13-25(20)12-15-4-2-1-3-5-15)22(28)24-9-8-23-21(27)16-6-7-18-19(10-16)30-14-29-18/h1-7,10,17H,8-9,11-14H2,(H,23,27)(H,24,28)/t17-/m1/s1. The van der Waals surface area contributed by atoms with E-state index in [2.05, 4.69) is 10.6 Å². The summed E-state index contributed by atoms with van der Waals surface area (Å²) in [5, 5.41) is 5.56. The number of carbonyl (C=O) groups is 3. The van der Waals surface area contributed by atoms with E-state index in [9.17, 15) is 14.4 Å². The van der Waals surface area contributed by atoms with Gasteiger partial charge in [-0.2, -0.15) is 0 Å². The minimum absolute atomic E-state index is 0.0184. The molecule has 2 aliphatic heterocycles. The fraction of sp³-hybridized carbons (Fsp3) is 0.318. The highest BCUT2D eigenvalue weighted by Crippen LogP contribution is 2.32. The molecule has 2 aromatic rings. The van der Waals surface area contributed by atoms with Crippen molar-refractivity contribution in [2.75, 3.05) is 26.4 Å². The van der Waals surface area contributed by atoms with E-state index < -0.39 is 0 Å². The van der Waals surface area contributed by atoms with E-state index in [1.165, 1.54) is 0 Å². The van der Waals surface area contributed by atoms with Gasteiger partial charge in [0.15, 0.2) is 11.5 Å². The summed E-state index contributed by atoms with van der Waals surface area (Å²) in [6.07, 6.45) is 0.211. The second-order valence-corrected chi connectivity index (χ2v) is 7.28. The highest BCUT2D eigenvalue weighted by molar-refractivity contribution is 5.95. The predicted molar refractivity (Wildman–Crippen MR) is 108 cm³/mol. The Morgan fingerprint density at radius 3 is 2.60 bits per heavy atom. The average Bonchev–Trinajstić information content (AvgIpc) is 3.37. The summed E-state index contributed by atoms with van der Waals surface area (Å²) in [4.78, 5) is 38.6. The molecule has 0 aromatic heterocycles. The molecule has 0 saturated carbocycles. The third-order valence-corrected chi connectivity index (χ3v) is 5.15. The van der Waals surface area contributed by atoms with Crippen LogP contribution >= 0.6 is 0 Å². The van der Waals surface area contributed by atoms with Crippen molar-refractivity contribution >= 4 is 17.7 Å². The maximum Gasteiger partial charge on any atom is 0.251 e. The molecule has 156 valence electrons. The lowest BCUT2D eigenvalue weighted by Gasteiger charge is -2.16. The van der Waals surface area contributed by atoms with Gasteiger partial charge < -0.3 is 25.0 Å². The van der Waals surface area contributed by atoms with Crippen LogP contribution in [0.1, 0.15) is 22.3 Å². The number of nitrogens with zero attached hydrogens (tertiary/aromatic N) is 1. The average molecular weight is 409 g/mol. The Kier molecular flexibility index (Phi) is 5.83. The first-order valence-corrected chi connectivity index (χ1v) is 9.87. The summed E-state index contributed by atoms with van der Waals surface area (Å²) < 4.78 is 10.5. The van der Waals surface area contributed by atoms with Crippen LogP contribution in [0.4, 0.5) is 0 Å². The zero-order valence-corrected chi connectivity index (χ0v) is 16.4. The first-order valence-electron chi connectivity index (χ1n) is 9.87. The molecular weight excluding hydrogens is 386 g/mol. The molecule has 2 N–H and O–H groups in total. The van der Waals surface area contributed by atoms with Gasteiger partial charge in [0.1, 0.15) is 0 Å². The Morgan fingerprint density at radius 1 is 1.00 bits per heavy atom. The largest absolute Gasteiger partial charge is 0.454 e. The van der Waals surface area contributed by atoms with E-state index in [0.29, 0.717) is 36.7 Å². The van der Waals surface area contributed by atoms with Crippen molar-refractivity contribution in [3.05, 3.63) is 59.7 Å². The lowest BCUT2D eigenvalue weighted by Crippen LogP contribution is -2.38. The van der Waals surface area contributed by atoms with Gasteiger partial charge in [-0.1, -0.05) is 30.3 Å². The molecule has 30 heavy (non-hydrogen) atoms. The quantitative estimate of drug-likeness (QED) is 0.672. The lowest BCUT2D eigenvalue weighted by atomic mass is 10.1. The zero-order valence-electron chi connectivity index (χ0n) is 16.4. The van der Waals surface area contributed by atoms with Crippen molar-refractivity contribution < 1.29 is 23.9 Å². The Bertz CT molecular complexity index is 947. The summed E-state index contributed by atoms with van der Waals surface area (Å²) >= 11 is 0. The number of benzene rings is 2. The third kappa shape index (κ3) is 4.53. The van der Waals surface area contributed by atoms with Crippen LogP contribution in [0.15, 0.2) is 48.5 Å². The van der Waals surface area contributed by atoms with Crippen LogP contribution in [-0.4, -0.2) is 49.0 Å². The van der Waals surface area contributed by atoms with Crippen LogP contribution in [0.5, 0.6) is 11.5 Å². The van der Waals surface area contributed by atoms with Gasteiger partial charge in [0.25, 0.3) is 5.91 Å². The fourth-order valence-electron chi connectivity index (χ4n) is 3.55. The van der Waals surface area contributed by atoms with E-state index in [1.54, 1.807) is 23.1 Å². The number of nitrogens with one attached hydrogen (secondary N) is 2. The molecule has 4 rings (SSSR count). The molecule has 0 unspecified atom stereocenters. The van der Waals surface area contributed by atoms with Crippen LogP contribution in [0.2, 0.25) is 0 Å². The first-order chi connectivity index (χ1) is 14.6. The van der Waals surface area contributed by atoms with Crippen molar-refractivity contribution in [2.45, 2.75) is 13.0 Å². The third-order valence-electron chi connectivity index (χ3n) is 5.15. The number of ether oxygens (including phenoxy) is 2. The Labute approximate surface area is 174 Å². The van der Waals surface area contributed by atoms with Crippen molar-refractivity contribution in [3.8, 4) is 11.5 Å². The van der Waals surface area contributed by atoms with Gasteiger partial charge in [-0.25, -0.2) is 0 Å². The predicted octanol–water partition coefficient (Wildman–Crippen LogP) is 1.31. The van der Waals surface area contributed by atoms with Gasteiger partial charge >= 0.3 is 0 Å². The van der Waals surface area contributed by atoms with Crippen molar-refractivity contribution in [3.63, 3.8) is 0 Å². The second kappa shape index (κ2) is 8.86. The molecule has 0 radical (unpaired) electrons. The highest BCUT2D eigenvalue weighted by Gasteiger charge is 2.34. The van der Waals surface area contributed by atoms with Crippen LogP contribution in [0.3, 0.4) is 0 Å². The zero-order chi connectivity index (χ0) is 20.9. The Balaban J connectivity index is 1.19. The summed E-state index contributed by atoms with van der Waals surface area (Å²) in [7, 11) is 0. The maximum absolute atomic E-state index is 12.4. The van der Waals surface area contributed by atoms with Gasteiger partial charge in [-0.15, -0.1) is 0 Å². The van der Waals surface area contributed by atoms with E-state index in [1.807, 2.05) is 30.3 Å². The molecule has 0 bridgehead atoms. The molecule has 1 atom stereocenters. The van der Waals surface area contributed by atoms with E-state index in [-0.39, 0.29) is 43.4 Å². The van der Waals surface area contributed by atoms with Gasteiger partial charge in [0, 0.05) is 38.2 Å². The number of amides is 3. The Hall–Kier alpha value is -3.55. The second-order valence-electron chi connectivity index (χ2n) is 7.28. The van der Waals surface area contributed by atoms with Crippen molar-refractivity contribution in [2.24, 2.45) is 5.92 Å². The molecule has 3 amide bonds. The summed E-state index contributed by atoms with van der Waals surface area (Å²) in [6, 6.07) is 14.7. The molecule has 0 spiro atoms. The Morgan fingerprint density at radius 2 is 1.77 bits per heavy atom. The monoisotopic (exact) mass is 409 g/mol. The molecule has 2 aliphatic rings. The van der Waals surface area contributed by atoms with Crippen LogP contribution in [0.25, 0.3) is 0 Å². The first kappa shape index (κ1) is 19.8. The molecule has 8 heteroatoms. The topological polar surface area (TPSA) is 97.0 Å². The van der Waals surface area contributed by atoms with Gasteiger partial charge in [0.2, 0.25) is 18.6 Å². The van der Waals surface area contributed by atoms with Gasteiger partial charge in [0.05, 0.1) is 5.92 Å². The van der Waals surface area contributed by atoms with Crippen molar-refractivity contribution in [1.29, 1.82) is 0 Å². The highest BCUT2D eigenvalue weighted by atomic mass is 16.7. The minimum atomic E-state index is -0.370. The number of hydrogen-bond donors (Lipinski definition) is 2. The van der Waals surface area contributed by atoms with E-state index in [0.717, 1.165) is 5.56 Å². The summed E-state index contributed by atoms with van der Waals surface area (Å²) in [5.41, 5.74) is 1.50. The number of fused-ring (bicyclic) bond motifs is 1. The molecule has 2 heterocycles. The smallest absolute Gasteiger partial charge is 0.251 e. The van der Waals surface area contributed by atoms with E-state index >= 15 is 0 Å². The normalized spacial score (nSPS) is 17.1. The van der Waals surface area contributed by atoms with E-state index in [4.69, 9.17) is 9.47 Å². The summed E-state index contributed by atoms with van der Waals surface area (Å²) in [5.74, 6) is 0.345. The van der Waals surface area contributed by atoms with Crippen molar-refractivity contribution in [1.82, 2.24) is 15.5 Å². The van der Waals surface area contributed by atoms with Crippen LogP contribution < -0.4 is 20.1 Å². The molecule has 0 aliphatic carbocycles. The van der Waals surface area contributed by atoms with Gasteiger partial charge in [-0.3, -0.25) is 14.4 Å². The lowest BCUT2D eigenvalue weighted by molar-refractivity contribution is -0.129. The number of likely N-dealkylation sites (tertiary alicyclic amines) is 1. The summed E-state index contributed by atoms with van der Waals surface area (Å²) in [6.45, 7) is 1.64.